The molecule has 2 amide bonds. The highest BCUT2D eigenvalue weighted by Crippen LogP contribution is 2.32. The molecule has 1 aliphatic rings. The highest BCUT2D eigenvalue weighted by atomic mass is 35.5. The van der Waals surface area contributed by atoms with E-state index in [4.69, 9.17) is 11.6 Å². The predicted molar refractivity (Wildman–Crippen MR) is 138 cm³/mol. The second-order valence-corrected chi connectivity index (χ2v) is 9.52. The monoisotopic (exact) mass is 491 g/mol. The fourth-order valence-electron chi connectivity index (χ4n) is 3.91. The number of carbonyl (C=O) groups is 2. The number of benzene rings is 2. The summed E-state index contributed by atoms with van der Waals surface area (Å²) >= 11 is 7.52. The van der Waals surface area contributed by atoms with Gasteiger partial charge in [-0.2, -0.15) is 0 Å². The fourth-order valence-corrected chi connectivity index (χ4v) is 5.01. The molecule has 1 saturated heterocycles. The normalized spacial score (nSPS) is 13.8. The van der Waals surface area contributed by atoms with Crippen molar-refractivity contribution in [3.05, 3.63) is 69.6 Å². The fraction of sp³-hybridized carbons (Fsp3) is 0.296. The Morgan fingerprint density at radius 2 is 1.88 bits per heavy atom. The molecular formula is C27H26ClN3O2S. The molecule has 0 radical (unpaired) electrons. The maximum absolute atomic E-state index is 13.0. The molecule has 1 fully saturated rings. The summed E-state index contributed by atoms with van der Waals surface area (Å²) in [6.45, 7) is 3.38. The van der Waals surface area contributed by atoms with Crippen LogP contribution in [-0.4, -0.2) is 34.8 Å². The molecule has 1 aliphatic heterocycles. The first-order chi connectivity index (χ1) is 16.5. The molecule has 0 unspecified atom stereocenters. The molecule has 174 valence electrons. The van der Waals surface area contributed by atoms with E-state index in [1.165, 1.54) is 11.3 Å². The lowest BCUT2D eigenvalue weighted by Gasteiger charge is -2.29. The number of nitrogens with zero attached hydrogens (tertiary/aromatic N) is 2. The number of piperidine rings is 1. The Kier molecular flexibility index (Phi) is 7.99. The van der Waals surface area contributed by atoms with Crippen molar-refractivity contribution in [2.24, 2.45) is 0 Å². The van der Waals surface area contributed by atoms with Gasteiger partial charge in [0.2, 0.25) is 0 Å². The number of carbonyl (C=O) groups excluding carboxylic acids is 2. The number of hydrogen-bond acceptors (Lipinski definition) is 4. The Morgan fingerprint density at radius 1 is 1.15 bits per heavy atom. The van der Waals surface area contributed by atoms with Crippen LogP contribution in [-0.2, 0) is 4.79 Å². The van der Waals surface area contributed by atoms with Gasteiger partial charge in [-0.1, -0.05) is 54.8 Å². The molecule has 2 aromatic carbocycles. The van der Waals surface area contributed by atoms with E-state index in [-0.39, 0.29) is 17.7 Å². The first-order valence-electron chi connectivity index (χ1n) is 11.4. The molecular weight excluding hydrogens is 466 g/mol. The van der Waals surface area contributed by atoms with E-state index >= 15 is 0 Å². The zero-order chi connectivity index (χ0) is 23.9. The average molecular weight is 492 g/mol. The molecule has 5 nitrogen and oxygen atoms in total. The van der Waals surface area contributed by atoms with E-state index in [1.807, 2.05) is 65.7 Å². The van der Waals surface area contributed by atoms with Crippen molar-refractivity contribution in [3.8, 4) is 23.0 Å². The molecule has 1 N–H and O–H groups in total. The van der Waals surface area contributed by atoms with Crippen molar-refractivity contribution in [1.29, 1.82) is 0 Å². The molecule has 2 heterocycles. The maximum atomic E-state index is 13.0. The molecule has 0 aliphatic carbocycles. The first-order valence-corrected chi connectivity index (χ1v) is 12.7. The first kappa shape index (κ1) is 24.0. The Morgan fingerprint density at radius 3 is 2.62 bits per heavy atom. The van der Waals surface area contributed by atoms with E-state index < -0.39 is 0 Å². The minimum Gasteiger partial charge on any atom is -0.332 e. The van der Waals surface area contributed by atoms with Crippen LogP contribution in [0.3, 0.4) is 0 Å². The smallest absolute Gasteiger partial charge is 0.298 e. The van der Waals surface area contributed by atoms with Gasteiger partial charge in [0.25, 0.3) is 11.8 Å². The molecule has 0 bridgehead atoms. The van der Waals surface area contributed by atoms with Crippen LogP contribution in [0.5, 0.6) is 0 Å². The molecule has 7 heteroatoms. The van der Waals surface area contributed by atoms with Crippen LogP contribution in [0.2, 0.25) is 5.02 Å². The summed E-state index contributed by atoms with van der Waals surface area (Å²) in [6, 6.07) is 15.2. The summed E-state index contributed by atoms with van der Waals surface area (Å²) in [5.74, 6) is 5.58. The lowest BCUT2D eigenvalue weighted by atomic mass is 9.97. The van der Waals surface area contributed by atoms with Crippen LogP contribution in [0.4, 0.5) is 5.69 Å². The molecule has 0 atom stereocenters. The van der Waals surface area contributed by atoms with Crippen molar-refractivity contribution in [1.82, 2.24) is 9.88 Å². The van der Waals surface area contributed by atoms with Gasteiger partial charge in [-0.3, -0.25) is 9.59 Å². The lowest BCUT2D eigenvalue weighted by Crippen LogP contribution is -2.37. The van der Waals surface area contributed by atoms with Gasteiger partial charge >= 0.3 is 0 Å². The zero-order valence-electron chi connectivity index (χ0n) is 19.0. The van der Waals surface area contributed by atoms with E-state index in [1.54, 1.807) is 0 Å². The largest absolute Gasteiger partial charge is 0.332 e. The highest BCUT2D eigenvalue weighted by Gasteiger charge is 2.26. The van der Waals surface area contributed by atoms with Crippen LogP contribution in [0, 0.1) is 11.8 Å². The topological polar surface area (TPSA) is 62.3 Å². The van der Waals surface area contributed by atoms with E-state index in [9.17, 15) is 9.59 Å². The van der Waals surface area contributed by atoms with Crippen LogP contribution >= 0.6 is 22.9 Å². The van der Waals surface area contributed by atoms with Gasteiger partial charge in [-0.25, -0.2) is 4.98 Å². The van der Waals surface area contributed by atoms with Crippen LogP contribution in [0.25, 0.3) is 11.1 Å². The van der Waals surface area contributed by atoms with Gasteiger partial charge < -0.3 is 10.2 Å². The number of hydrogen-bond donors (Lipinski definition) is 1. The Labute approximate surface area is 209 Å². The van der Waals surface area contributed by atoms with Crippen molar-refractivity contribution in [3.63, 3.8) is 0 Å². The summed E-state index contributed by atoms with van der Waals surface area (Å²) in [4.78, 5) is 31.6. The Bertz CT molecular complexity index is 1220. The minimum atomic E-state index is -0.234. The SMILES string of the molecule is CCCC#CC(=O)N1CCC(c2nc(C(=O)Nc3ccccc3-c3ccc(Cl)cc3)cs2)CC1. The van der Waals surface area contributed by atoms with Gasteiger partial charge in [-0.05, 0) is 48.9 Å². The molecule has 4 rings (SSSR count). The van der Waals surface area contributed by atoms with E-state index in [0.717, 1.165) is 47.5 Å². The quantitative estimate of drug-likeness (QED) is 0.430. The van der Waals surface area contributed by atoms with Crippen LogP contribution in [0.15, 0.2) is 53.9 Å². The number of anilines is 1. The number of halogens is 1. The van der Waals surface area contributed by atoms with Crippen molar-refractivity contribution >= 4 is 40.4 Å². The van der Waals surface area contributed by atoms with E-state index in [0.29, 0.717) is 23.8 Å². The Balaban J connectivity index is 1.39. The lowest BCUT2D eigenvalue weighted by molar-refractivity contribution is -0.126. The number of amides is 2. The third-order valence-corrected chi connectivity index (χ3v) is 7.05. The van der Waals surface area contributed by atoms with Crippen LogP contribution in [0.1, 0.15) is 54.0 Å². The average Bonchev–Trinajstić information content (AvgIpc) is 3.36. The summed E-state index contributed by atoms with van der Waals surface area (Å²) in [7, 11) is 0. The Hall–Kier alpha value is -3.14. The van der Waals surface area contributed by atoms with Crippen molar-refractivity contribution < 1.29 is 9.59 Å². The molecule has 1 aromatic heterocycles. The van der Waals surface area contributed by atoms with Gasteiger partial charge in [0.1, 0.15) is 5.69 Å². The maximum Gasteiger partial charge on any atom is 0.298 e. The predicted octanol–water partition coefficient (Wildman–Crippen LogP) is 6.23. The summed E-state index contributed by atoms with van der Waals surface area (Å²) in [5, 5.41) is 6.43. The zero-order valence-corrected chi connectivity index (χ0v) is 20.6. The number of nitrogens with one attached hydrogen (secondary N) is 1. The molecule has 0 saturated carbocycles. The second kappa shape index (κ2) is 11.3. The standard InChI is InChI=1S/C27H26ClN3O2S/c1-2-3-4-9-25(32)31-16-14-20(15-17-31)27-30-24(18-34-27)26(33)29-23-8-6-5-7-22(23)19-10-12-21(28)13-11-19/h5-8,10-13,18,20H,2-3,14-17H2,1H3,(H,29,33). The van der Waals surface area contributed by atoms with Crippen molar-refractivity contribution in [2.45, 2.75) is 38.5 Å². The number of unbranched alkanes of at least 4 members (excludes halogenated alkanes) is 1. The van der Waals surface area contributed by atoms with Gasteiger partial charge in [0.05, 0.1) is 5.01 Å². The third-order valence-electron chi connectivity index (χ3n) is 5.79. The second-order valence-electron chi connectivity index (χ2n) is 8.20. The summed E-state index contributed by atoms with van der Waals surface area (Å²) in [5.41, 5.74) is 3.03. The number of para-hydroxylation sites is 1. The molecule has 34 heavy (non-hydrogen) atoms. The molecule has 3 aromatic rings. The van der Waals surface area contributed by atoms with Gasteiger partial charge in [0.15, 0.2) is 0 Å². The number of aromatic nitrogens is 1. The van der Waals surface area contributed by atoms with Gasteiger partial charge in [0, 0.05) is 47.1 Å². The van der Waals surface area contributed by atoms with Crippen molar-refractivity contribution in [2.75, 3.05) is 18.4 Å². The number of thiazole rings is 1. The number of rotatable bonds is 5. The van der Waals surface area contributed by atoms with Crippen LogP contribution < -0.4 is 5.32 Å². The summed E-state index contributed by atoms with van der Waals surface area (Å²) in [6.07, 6.45) is 3.36. The van der Waals surface area contributed by atoms with Gasteiger partial charge in [-0.15, -0.1) is 11.3 Å². The molecule has 0 spiro atoms. The van der Waals surface area contributed by atoms with E-state index in [2.05, 4.69) is 22.1 Å². The number of likely N-dealkylation sites (tertiary alicyclic amines) is 1. The highest BCUT2D eigenvalue weighted by molar-refractivity contribution is 7.10. The third kappa shape index (κ3) is 5.85. The summed E-state index contributed by atoms with van der Waals surface area (Å²) < 4.78 is 0. The minimum absolute atomic E-state index is 0.0922.